The fourth-order valence-corrected chi connectivity index (χ4v) is 3.41. The van der Waals surface area contributed by atoms with E-state index in [1.165, 1.54) is 18.5 Å². The van der Waals surface area contributed by atoms with Crippen LogP contribution in [0.5, 0.6) is 5.75 Å². The van der Waals surface area contributed by atoms with Crippen LogP contribution >= 0.6 is 11.6 Å². The Morgan fingerprint density at radius 3 is 2.41 bits per heavy atom. The Kier molecular flexibility index (Phi) is 6.62. The number of rotatable bonds is 6. The van der Waals surface area contributed by atoms with E-state index in [1.807, 2.05) is 6.92 Å². The third-order valence-electron chi connectivity index (χ3n) is 5.10. The van der Waals surface area contributed by atoms with Gasteiger partial charge in [-0.1, -0.05) is 30.7 Å². The van der Waals surface area contributed by atoms with Crippen molar-refractivity contribution >= 4 is 23.2 Å². The van der Waals surface area contributed by atoms with Crippen molar-refractivity contribution in [2.24, 2.45) is 5.92 Å². The van der Waals surface area contributed by atoms with E-state index in [0.29, 0.717) is 10.8 Å². The van der Waals surface area contributed by atoms with Gasteiger partial charge >= 0.3 is 0 Å². The summed E-state index contributed by atoms with van der Waals surface area (Å²) in [6.07, 6.45) is 2.50. The van der Waals surface area contributed by atoms with Crippen molar-refractivity contribution in [2.45, 2.75) is 32.7 Å². The van der Waals surface area contributed by atoms with E-state index in [-0.39, 0.29) is 18.6 Å². The smallest absolute Gasteiger partial charge is 0.258 e. The Morgan fingerprint density at radius 1 is 1.15 bits per heavy atom. The number of carbonyl (C=O) groups excluding carboxylic acids is 1. The van der Waals surface area contributed by atoms with Gasteiger partial charge in [-0.3, -0.25) is 4.79 Å². The number of hydrogen-bond donors (Lipinski definition) is 1. The Balaban J connectivity index is 1.49. The summed E-state index contributed by atoms with van der Waals surface area (Å²) in [7, 11) is 0. The van der Waals surface area contributed by atoms with Crippen molar-refractivity contribution in [1.29, 1.82) is 0 Å². The number of hydrogen-bond acceptors (Lipinski definition) is 3. The van der Waals surface area contributed by atoms with Gasteiger partial charge in [0.2, 0.25) is 0 Å². The first kappa shape index (κ1) is 19.6. The summed E-state index contributed by atoms with van der Waals surface area (Å²) >= 11 is 5.84. The fourth-order valence-electron chi connectivity index (χ4n) is 3.29. The average molecular weight is 387 g/mol. The van der Waals surface area contributed by atoms with Gasteiger partial charge in [-0.2, -0.15) is 0 Å². The molecule has 1 amide bonds. The maximum Gasteiger partial charge on any atom is 0.258 e. The predicted molar refractivity (Wildman–Crippen MR) is 111 cm³/mol. The first-order valence-corrected chi connectivity index (χ1v) is 9.91. The molecule has 0 radical (unpaired) electrons. The summed E-state index contributed by atoms with van der Waals surface area (Å²) in [5, 5.41) is 3.62. The Bertz CT molecular complexity index is 738. The molecule has 1 saturated heterocycles. The summed E-state index contributed by atoms with van der Waals surface area (Å²) in [5.74, 6) is 1.31. The Labute approximate surface area is 166 Å². The van der Waals surface area contributed by atoms with Crippen LogP contribution in [0.25, 0.3) is 0 Å². The molecule has 1 aliphatic heterocycles. The molecule has 2 aromatic carbocycles. The number of ether oxygens (including phenoxy) is 1. The molecular weight excluding hydrogens is 360 g/mol. The second-order valence-corrected chi connectivity index (χ2v) is 7.73. The van der Waals surface area contributed by atoms with Crippen LogP contribution < -0.4 is 15.0 Å². The molecule has 1 aliphatic rings. The van der Waals surface area contributed by atoms with Crippen LogP contribution in [0.1, 0.15) is 38.3 Å². The van der Waals surface area contributed by atoms with E-state index >= 15 is 0 Å². The molecule has 1 heterocycles. The van der Waals surface area contributed by atoms with Crippen molar-refractivity contribution < 1.29 is 9.53 Å². The van der Waals surface area contributed by atoms with Gasteiger partial charge in [-0.15, -0.1) is 0 Å². The average Bonchev–Trinajstić information content (AvgIpc) is 2.68. The molecule has 1 unspecified atom stereocenters. The van der Waals surface area contributed by atoms with Crippen LogP contribution in [0, 0.1) is 5.92 Å². The topological polar surface area (TPSA) is 41.6 Å². The van der Waals surface area contributed by atoms with E-state index in [2.05, 4.69) is 41.4 Å². The molecular formula is C22H27ClN2O2. The summed E-state index contributed by atoms with van der Waals surface area (Å²) in [6, 6.07) is 15.4. The molecule has 0 bridgehead atoms. The van der Waals surface area contributed by atoms with Gasteiger partial charge in [0.15, 0.2) is 6.61 Å². The highest BCUT2D eigenvalue weighted by molar-refractivity contribution is 6.30. The number of nitrogens with zero attached hydrogens (tertiary/aromatic N) is 1. The first-order valence-electron chi connectivity index (χ1n) is 9.54. The molecule has 27 heavy (non-hydrogen) atoms. The largest absolute Gasteiger partial charge is 0.484 e. The molecule has 1 fully saturated rings. The van der Waals surface area contributed by atoms with Crippen LogP contribution in [0.4, 0.5) is 5.69 Å². The molecule has 3 rings (SSSR count). The molecule has 0 spiro atoms. The molecule has 4 nitrogen and oxygen atoms in total. The van der Waals surface area contributed by atoms with E-state index in [0.717, 1.165) is 24.6 Å². The zero-order chi connectivity index (χ0) is 19.2. The lowest BCUT2D eigenvalue weighted by molar-refractivity contribution is -0.123. The monoisotopic (exact) mass is 386 g/mol. The molecule has 0 aliphatic carbocycles. The van der Waals surface area contributed by atoms with E-state index in [4.69, 9.17) is 16.3 Å². The van der Waals surface area contributed by atoms with Crippen LogP contribution in [0.3, 0.4) is 0 Å². The predicted octanol–water partition coefficient (Wildman–Crippen LogP) is 4.83. The summed E-state index contributed by atoms with van der Waals surface area (Å²) < 4.78 is 5.49. The molecule has 144 valence electrons. The van der Waals surface area contributed by atoms with E-state index < -0.39 is 0 Å². The summed E-state index contributed by atoms with van der Waals surface area (Å²) in [5.41, 5.74) is 2.35. The number of halogens is 1. The van der Waals surface area contributed by atoms with Crippen molar-refractivity contribution in [2.75, 3.05) is 24.6 Å². The molecule has 0 saturated carbocycles. The fraction of sp³-hybridized carbons (Fsp3) is 0.409. The van der Waals surface area contributed by atoms with Gasteiger partial charge in [0.05, 0.1) is 6.04 Å². The second-order valence-electron chi connectivity index (χ2n) is 7.29. The van der Waals surface area contributed by atoms with Gasteiger partial charge < -0.3 is 15.0 Å². The summed E-state index contributed by atoms with van der Waals surface area (Å²) in [6.45, 7) is 6.53. The Morgan fingerprint density at radius 2 is 1.78 bits per heavy atom. The van der Waals surface area contributed by atoms with Gasteiger partial charge in [0.1, 0.15) is 5.75 Å². The lowest BCUT2D eigenvalue weighted by Crippen LogP contribution is -2.33. The molecule has 5 heteroatoms. The number of carbonyl (C=O) groups is 1. The van der Waals surface area contributed by atoms with Crippen molar-refractivity contribution in [3.05, 3.63) is 59.1 Å². The van der Waals surface area contributed by atoms with Crippen LogP contribution in [-0.2, 0) is 4.79 Å². The molecule has 2 aromatic rings. The third kappa shape index (κ3) is 5.64. The van der Waals surface area contributed by atoms with Crippen molar-refractivity contribution in [3.63, 3.8) is 0 Å². The number of nitrogens with one attached hydrogen (secondary N) is 1. The number of benzene rings is 2. The molecule has 1 N–H and O–H groups in total. The molecule has 0 aromatic heterocycles. The number of piperidine rings is 1. The minimum atomic E-state index is -0.147. The zero-order valence-corrected chi connectivity index (χ0v) is 16.7. The molecule has 1 atom stereocenters. The normalized spacial score (nSPS) is 16.0. The summed E-state index contributed by atoms with van der Waals surface area (Å²) in [4.78, 5) is 14.6. The van der Waals surface area contributed by atoms with E-state index in [1.54, 1.807) is 24.3 Å². The highest BCUT2D eigenvalue weighted by atomic mass is 35.5. The van der Waals surface area contributed by atoms with Gasteiger partial charge in [-0.05, 0) is 67.6 Å². The van der Waals surface area contributed by atoms with Gasteiger partial charge in [0.25, 0.3) is 5.91 Å². The lowest BCUT2D eigenvalue weighted by atomic mass is 9.98. The van der Waals surface area contributed by atoms with Crippen LogP contribution in [-0.4, -0.2) is 25.6 Å². The highest BCUT2D eigenvalue weighted by Gasteiger charge is 2.16. The second kappa shape index (κ2) is 9.14. The van der Waals surface area contributed by atoms with Crippen molar-refractivity contribution in [3.8, 4) is 5.75 Å². The minimum Gasteiger partial charge on any atom is -0.484 e. The maximum atomic E-state index is 12.1. The van der Waals surface area contributed by atoms with Crippen LogP contribution in [0.2, 0.25) is 5.02 Å². The third-order valence-corrected chi connectivity index (χ3v) is 5.35. The maximum absolute atomic E-state index is 12.1. The Hall–Kier alpha value is -2.20. The lowest BCUT2D eigenvalue weighted by Gasteiger charge is -2.32. The van der Waals surface area contributed by atoms with Gasteiger partial charge in [-0.25, -0.2) is 0 Å². The van der Waals surface area contributed by atoms with Gasteiger partial charge in [0, 0.05) is 23.8 Å². The number of amides is 1. The highest BCUT2D eigenvalue weighted by Crippen LogP contribution is 2.24. The quantitative estimate of drug-likeness (QED) is 0.772. The van der Waals surface area contributed by atoms with E-state index in [9.17, 15) is 4.79 Å². The number of anilines is 1. The minimum absolute atomic E-state index is 0.0178. The zero-order valence-electron chi connectivity index (χ0n) is 16.0. The first-order chi connectivity index (χ1) is 13.0. The van der Waals surface area contributed by atoms with Crippen molar-refractivity contribution in [1.82, 2.24) is 5.32 Å². The SMILES string of the molecule is CC1CCN(c2ccc(C(C)NC(=O)COc3ccc(Cl)cc3)cc2)CC1. The standard InChI is InChI=1S/C22H27ClN2O2/c1-16-11-13-25(14-12-16)20-7-3-18(4-8-20)17(2)24-22(26)15-27-21-9-5-19(23)6-10-21/h3-10,16-17H,11-15H2,1-2H3,(H,24,26). The van der Waals surface area contributed by atoms with Crippen LogP contribution in [0.15, 0.2) is 48.5 Å².